The maximum atomic E-state index is 6.08. The lowest BCUT2D eigenvalue weighted by Gasteiger charge is -2.37. The van der Waals surface area contributed by atoms with Crippen LogP contribution in [0.2, 0.25) is 0 Å². The van der Waals surface area contributed by atoms with Gasteiger partial charge in [0, 0.05) is 18.6 Å². The van der Waals surface area contributed by atoms with Gasteiger partial charge in [-0.05, 0) is 50.9 Å². The molecule has 0 amide bonds. The van der Waals surface area contributed by atoms with Crippen LogP contribution in [0.3, 0.4) is 0 Å². The van der Waals surface area contributed by atoms with Gasteiger partial charge in [-0.2, -0.15) is 0 Å². The summed E-state index contributed by atoms with van der Waals surface area (Å²) in [5.41, 5.74) is 7.32. The van der Waals surface area contributed by atoms with Gasteiger partial charge in [0.1, 0.15) is 12.4 Å². The van der Waals surface area contributed by atoms with Crippen molar-refractivity contribution in [3.05, 3.63) is 29.8 Å². The number of hydrogen-bond donors (Lipinski definition) is 1. The fourth-order valence-electron chi connectivity index (χ4n) is 2.88. The van der Waals surface area contributed by atoms with Gasteiger partial charge in [-0.25, -0.2) is 0 Å². The van der Waals surface area contributed by atoms with E-state index in [1.165, 1.54) is 24.8 Å². The van der Waals surface area contributed by atoms with E-state index in [-0.39, 0.29) is 18.4 Å². The van der Waals surface area contributed by atoms with Crippen LogP contribution in [-0.4, -0.2) is 36.7 Å². The SMILES string of the molecule is Cc1cccc(OCCN2CCCCC2C(C)N)c1.Cl. The zero-order chi connectivity index (χ0) is 13.7. The van der Waals surface area contributed by atoms with Crippen molar-refractivity contribution in [2.75, 3.05) is 19.7 Å². The number of piperidine rings is 1. The first-order valence-corrected chi connectivity index (χ1v) is 7.36. The van der Waals surface area contributed by atoms with Crippen molar-refractivity contribution in [2.45, 2.75) is 45.2 Å². The number of rotatable bonds is 5. The Morgan fingerprint density at radius 3 is 2.90 bits per heavy atom. The molecule has 114 valence electrons. The smallest absolute Gasteiger partial charge is 0.119 e. The molecule has 0 spiro atoms. The minimum Gasteiger partial charge on any atom is -0.492 e. The molecule has 1 heterocycles. The Kier molecular flexibility index (Phi) is 7.35. The van der Waals surface area contributed by atoms with Gasteiger partial charge in [0.05, 0.1) is 0 Å². The standard InChI is InChI=1S/C16H26N2O.ClH/c1-13-6-5-7-15(12-13)19-11-10-18-9-4-3-8-16(18)14(2)17;/h5-7,12,14,16H,3-4,8-11,17H2,1-2H3;1H. The van der Waals surface area contributed by atoms with Gasteiger partial charge in [0.15, 0.2) is 0 Å². The van der Waals surface area contributed by atoms with Crippen LogP contribution >= 0.6 is 12.4 Å². The molecule has 0 aliphatic carbocycles. The van der Waals surface area contributed by atoms with Crippen LogP contribution in [0, 0.1) is 6.92 Å². The second-order valence-corrected chi connectivity index (χ2v) is 5.62. The van der Waals surface area contributed by atoms with Gasteiger partial charge < -0.3 is 10.5 Å². The number of hydrogen-bond acceptors (Lipinski definition) is 3. The minimum absolute atomic E-state index is 0. The third-order valence-corrected chi connectivity index (χ3v) is 3.91. The Balaban J connectivity index is 0.00000200. The number of nitrogens with zero attached hydrogens (tertiary/aromatic N) is 1. The maximum absolute atomic E-state index is 6.08. The number of benzene rings is 1. The van der Waals surface area contributed by atoms with Crippen molar-refractivity contribution in [3.8, 4) is 5.75 Å². The number of aryl methyl sites for hydroxylation is 1. The van der Waals surface area contributed by atoms with E-state index in [1.807, 2.05) is 12.1 Å². The van der Waals surface area contributed by atoms with E-state index in [2.05, 4.69) is 30.9 Å². The molecule has 0 aromatic heterocycles. The Morgan fingerprint density at radius 1 is 1.40 bits per heavy atom. The summed E-state index contributed by atoms with van der Waals surface area (Å²) in [6.45, 7) is 7.07. The second kappa shape index (κ2) is 8.50. The van der Waals surface area contributed by atoms with Crippen LogP contribution < -0.4 is 10.5 Å². The third kappa shape index (κ3) is 4.97. The van der Waals surface area contributed by atoms with Gasteiger partial charge in [-0.1, -0.05) is 18.6 Å². The molecule has 2 unspecified atom stereocenters. The van der Waals surface area contributed by atoms with E-state index >= 15 is 0 Å². The third-order valence-electron chi connectivity index (χ3n) is 3.91. The van der Waals surface area contributed by atoms with Crippen LogP contribution in [-0.2, 0) is 0 Å². The molecule has 2 atom stereocenters. The summed E-state index contributed by atoms with van der Waals surface area (Å²) in [4.78, 5) is 2.49. The van der Waals surface area contributed by atoms with Gasteiger partial charge in [-0.15, -0.1) is 12.4 Å². The highest BCUT2D eigenvalue weighted by Crippen LogP contribution is 2.19. The summed E-state index contributed by atoms with van der Waals surface area (Å²) in [5, 5.41) is 0. The zero-order valence-corrected chi connectivity index (χ0v) is 13.4. The normalized spacial score (nSPS) is 21.1. The first-order valence-electron chi connectivity index (χ1n) is 7.36. The van der Waals surface area contributed by atoms with E-state index < -0.39 is 0 Å². The van der Waals surface area contributed by atoms with Gasteiger partial charge >= 0.3 is 0 Å². The molecule has 4 heteroatoms. The van der Waals surface area contributed by atoms with E-state index in [0.717, 1.165) is 25.4 Å². The molecule has 1 aromatic rings. The predicted molar refractivity (Wildman–Crippen MR) is 86.8 cm³/mol. The molecule has 1 aromatic carbocycles. The second-order valence-electron chi connectivity index (χ2n) is 5.62. The van der Waals surface area contributed by atoms with Crippen molar-refractivity contribution in [1.82, 2.24) is 4.90 Å². The summed E-state index contributed by atoms with van der Waals surface area (Å²) in [6.07, 6.45) is 3.82. The van der Waals surface area contributed by atoms with Crippen LogP contribution in [0.15, 0.2) is 24.3 Å². The fourth-order valence-corrected chi connectivity index (χ4v) is 2.88. The van der Waals surface area contributed by atoms with Crippen molar-refractivity contribution < 1.29 is 4.74 Å². The van der Waals surface area contributed by atoms with Crippen LogP contribution in [0.1, 0.15) is 31.7 Å². The molecule has 0 bridgehead atoms. The number of ether oxygens (including phenoxy) is 1. The van der Waals surface area contributed by atoms with E-state index in [0.29, 0.717) is 6.04 Å². The van der Waals surface area contributed by atoms with Gasteiger partial charge in [-0.3, -0.25) is 4.90 Å². The highest BCUT2D eigenvalue weighted by atomic mass is 35.5. The van der Waals surface area contributed by atoms with Crippen molar-refractivity contribution >= 4 is 12.4 Å². The van der Waals surface area contributed by atoms with Crippen LogP contribution in [0.25, 0.3) is 0 Å². The fraction of sp³-hybridized carbons (Fsp3) is 0.625. The Hall–Kier alpha value is -0.770. The molecule has 2 rings (SSSR count). The summed E-state index contributed by atoms with van der Waals surface area (Å²) < 4.78 is 5.84. The van der Waals surface area contributed by atoms with Gasteiger partial charge in [0.25, 0.3) is 0 Å². The lowest BCUT2D eigenvalue weighted by molar-refractivity contribution is 0.109. The lowest BCUT2D eigenvalue weighted by atomic mass is 9.97. The lowest BCUT2D eigenvalue weighted by Crippen LogP contribution is -2.50. The summed E-state index contributed by atoms with van der Waals surface area (Å²) >= 11 is 0. The van der Waals surface area contributed by atoms with E-state index in [9.17, 15) is 0 Å². The molecule has 2 N–H and O–H groups in total. The summed E-state index contributed by atoms with van der Waals surface area (Å²) in [5.74, 6) is 0.967. The molecular weight excluding hydrogens is 272 g/mol. The van der Waals surface area contributed by atoms with Gasteiger partial charge in [0.2, 0.25) is 0 Å². The molecule has 1 saturated heterocycles. The van der Waals surface area contributed by atoms with Crippen molar-refractivity contribution in [3.63, 3.8) is 0 Å². The topological polar surface area (TPSA) is 38.5 Å². The number of likely N-dealkylation sites (tertiary alicyclic amines) is 1. The average molecular weight is 299 g/mol. The average Bonchev–Trinajstić information content (AvgIpc) is 2.39. The first kappa shape index (κ1) is 17.3. The highest BCUT2D eigenvalue weighted by molar-refractivity contribution is 5.85. The maximum Gasteiger partial charge on any atom is 0.119 e. The Bertz CT molecular complexity index is 398. The molecule has 3 nitrogen and oxygen atoms in total. The quantitative estimate of drug-likeness (QED) is 0.908. The molecule has 1 fully saturated rings. The summed E-state index contributed by atoms with van der Waals surface area (Å²) in [7, 11) is 0. The predicted octanol–water partition coefficient (Wildman–Crippen LogP) is 3.00. The number of halogens is 1. The Morgan fingerprint density at radius 2 is 2.20 bits per heavy atom. The van der Waals surface area contributed by atoms with Crippen LogP contribution in [0.4, 0.5) is 0 Å². The first-order chi connectivity index (χ1) is 9.16. The number of nitrogens with two attached hydrogens (primary N) is 1. The molecule has 0 saturated carbocycles. The summed E-state index contributed by atoms with van der Waals surface area (Å²) in [6, 6.07) is 9.00. The molecular formula is C16H27ClN2O. The van der Waals surface area contributed by atoms with Crippen LogP contribution in [0.5, 0.6) is 5.75 Å². The minimum atomic E-state index is 0. The zero-order valence-electron chi connectivity index (χ0n) is 12.5. The van der Waals surface area contributed by atoms with E-state index in [1.54, 1.807) is 0 Å². The molecule has 20 heavy (non-hydrogen) atoms. The molecule has 1 aliphatic heterocycles. The molecule has 1 aliphatic rings. The molecule has 0 radical (unpaired) electrons. The van der Waals surface area contributed by atoms with Crippen molar-refractivity contribution in [1.29, 1.82) is 0 Å². The Labute approximate surface area is 128 Å². The largest absolute Gasteiger partial charge is 0.492 e. The highest BCUT2D eigenvalue weighted by Gasteiger charge is 2.24. The monoisotopic (exact) mass is 298 g/mol. The van der Waals surface area contributed by atoms with E-state index in [4.69, 9.17) is 10.5 Å². The van der Waals surface area contributed by atoms with Crippen molar-refractivity contribution in [2.24, 2.45) is 5.73 Å².